The number of rotatable bonds is 5. The molecule has 0 unspecified atom stereocenters. The molecule has 0 saturated heterocycles. The Kier molecular flexibility index (Phi) is 7.16. The predicted molar refractivity (Wildman–Crippen MR) is 140 cm³/mol. The first-order valence-electron chi connectivity index (χ1n) is 10.6. The molecule has 3 aromatic carbocycles. The molecular formula is C24H20N6O5S. The number of nitrogens with zero attached hydrogens (tertiary/aromatic N) is 3. The van der Waals surface area contributed by atoms with Crippen LogP contribution in [0.15, 0.2) is 71.8 Å². The lowest BCUT2D eigenvalue weighted by Crippen LogP contribution is -2.45. The molecule has 0 spiro atoms. The zero-order valence-electron chi connectivity index (χ0n) is 18.9. The Morgan fingerprint density at radius 3 is 2.58 bits per heavy atom. The van der Waals surface area contributed by atoms with Crippen molar-refractivity contribution in [1.82, 2.24) is 5.43 Å². The van der Waals surface area contributed by atoms with Crippen molar-refractivity contribution in [2.75, 3.05) is 22.1 Å². The number of hydrogen-bond donors (Lipinski definition) is 3. The van der Waals surface area contributed by atoms with Crippen LogP contribution in [0.5, 0.6) is 5.75 Å². The van der Waals surface area contributed by atoms with Crippen molar-refractivity contribution in [3.63, 3.8) is 0 Å². The Hall–Kier alpha value is -4.84. The van der Waals surface area contributed by atoms with E-state index in [-0.39, 0.29) is 28.9 Å². The number of ether oxygens (including phenoxy) is 1. The van der Waals surface area contributed by atoms with Crippen LogP contribution < -0.4 is 25.7 Å². The number of aryl methyl sites for hydroxylation is 1. The molecule has 0 radical (unpaired) electrons. The topological polar surface area (TPSA) is 138 Å². The second kappa shape index (κ2) is 10.6. The molecule has 0 saturated carbocycles. The molecule has 3 amide bonds. The van der Waals surface area contributed by atoms with Crippen molar-refractivity contribution in [2.45, 2.75) is 6.92 Å². The summed E-state index contributed by atoms with van der Waals surface area (Å²) in [6.45, 7) is 1.75. The van der Waals surface area contributed by atoms with Crippen LogP contribution in [-0.2, 0) is 4.79 Å². The van der Waals surface area contributed by atoms with Crippen LogP contribution in [0.3, 0.4) is 0 Å². The number of thiocarbonyl (C=S) groups is 1. The molecule has 1 aliphatic rings. The number of urea groups is 1. The van der Waals surface area contributed by atoms with Gasteiger partial charge in [-0.3, -0.25) is 19.8 Å². The number of carbonyl (C=O) groups is 2. The number of carbonyl (C=O) groups excluding carboxylic acids is 2. The van der Waals surface area contributed by atoms with Gasteiger partial charge in [0, 0.05) is 23.5 Å². The van der Waals surface area contributed by atoms with E-state index in [1.807, 2.05) is 31.2 Å². The van der Waals surface area contributed by atoms with Crippen LogP contribution in [0.4, 0.5) is 27.5 Å². The summed E-state index contributed by atoms with van der Waals surface area (Å²) in [5, 5.41) is 20.6. The largest absolute Gasteiger partial charge is 0.481 e. The second-order valence-corrected chi connectivity index (χ2v) is 8.02. The number of nitro groups is 1. The van der Waals surface area contributed by atoms with E-state index in [0.29, 0.717) is 17.1 Å². The van der Waals surface area contributed by atoms with Crippen molar-refractivity contribution in [1.29, 1.82) is 0 Å². The number of hydrogen-bond acceptors (Lipinski definition) is 7. The summed E-state index contributed by atoms with van der Waals surface area (Å²) in [4.78, 5) is 36.6. The van der Waals surface area contributed by atoms with Crippen molar-refractivity contribution in [3.8, 4) is 5.75 Å². The molecule has 1 heterocycles. The summed E-state index contributed by atoms with van der Waals surface area (Å²) in [5.74, 6) is 0.0128. The van der Waals surface area contributed by atoms with E-state index < -0.39 is 11.0 Å². The van der Waals surface area contributed by atoms with E-state index in [1.165, 1.54) is 29.3 Å². The van der Waals surface area contributed by atoms with Gasteiger partial charge in [0.1, 0.15) is 5.75 Å². The van der Waals surface area contributed by atoms with E-state index in [2.05, 4.69) is 21.2 Å². The van der Waals surface area contributed by atoms with Crippen LogP contribution >= 0.6 is 12.2 Å². The minimum Gasteiger partial charge on any atom is -0.481 e. The van der Waals surface area contributed by atoms with Crippen molar-refractivity contribution >= 4 is 58.2 Å². The van der Waals surface area contributed by atoms with Gasteiger partial charge in [-0.2, -0.15) is 5.10 Å². The highest BCUT2D eigenvalue weighted by Gasteiger charge is 2.29. The smallest absolute Gasteiger partial charge is 0.339 e. The summed E-state index contributed by atoms with van der Waals surface area (Å²) in [5.41, 5.74) is 4.99. The summed E-state index contributed by atoms with van der Waals surface area (Å²) in [7, 11) is 0. The maximum absolute atomic E-state index is 12.5. The fourth-order valence-electron chi connectivity index (χ4n) is 3.35. The third-order valence-electron chi connectivity index (χ3n) is 5.07. The third-order valence-corrected chi connectivity index (χ3v) is 5.35. The number of anilines is 3. The highest BCUT2D eigenvalue weighted by atomic mass is 32.1. The molecular weight excluding hydrogens is 484 g/mol. The standard InChI is InChI=1S/C24H20N6O5S/c1-15-6-8-17(9-7-15)27-24(36)29-20-11-10-18(12-21(20)35-14-22(29)31)26-23(32)28-25-13-16-4-2-3-5-19(16)30(33)34/h2-13H,14H2,1H3,(H,27,36)(H2,26,28,32)/b25-13+. The second-order valence-electron chi connectivity index (χ2n) is 7.64. The molecule has 0 aromatic heterocycles. The van der Waals surface area contributed by atoms with Gasteiger partial charge in [0.2, 0.25) is 0 Å². The minimum absolute atomic E-state index is 0.135. The van der Waals surface area contributed by atoms with Crippen LogP contribution in [0.1, 0.15) is 11.1 Å². The fourth-order valence-corrected chi connectivity index (χ4v) is 3.67. The molecule has 0 atom stereocenters. The molecule has 3 N–H and O–H groups in total. The molecule has 1 aliphatic heterocycles. The Balaban J connectivity index is 1.43. The van der Waals surface area contributed by atoms with Gasteiger partial charge >= 0.3 is 6.03 Å². The number of para-hydroxylation sites is 1. The van der Waals surface area contributed by atoms with Crippen LogP contribution in [0.25, 0.3) is 0 Å². The van der Waals surface area contributed by atoms with Gasteiger partial charge in [-0.25, -0.2) is 10.2 Å². The average Bonchev–Trinajstić information content (AvgIpc) is 2.85. The van der Waals surface area contributed by atoms with E-state index in [4.69, 9.17) is 17.0 Å². The van der Waals surface area contributed by atoms with Gasteiger partial charge in [0.25, 0.3) is 11.6 Å². The fraction of sp³-hybridized carbons (Fsp3) is 0.0833. The van der Waals surface area contributed by atoms with Gasteiger partial charge in [-0.1, -0.05) is 29.8 Å². The van der Waals surface area contributed by atoms with Crippen molar-refractivity contribution in [3.05, 3.63) is 88.0 Å². The lowest BCUT2D eigenvalue weighted by Gasteiger charge is -2.30. The van der Waals surface area contributed by atoms with Gasteiger partial charge in [-0.15, -0.1) is 0 Å². The zero-order valence-corrected chi connectivity index (χ0v) is 19.7. The average molecular weight is 505 g/mol. The molecule has 0 fully saturated rings. The highest BCUT2D eigenvalue weighted by Crippen LogP contribution is 2.35. The monoisotopic (exact) mass is 504 g/mol. The van der Waals surface area contributed by atoms with E-state index >= 15 is 0 Å². The van der Waals surface area contributed by atoms with Crippen molar-refractivity contribution in [2.24, 2.45) is 5.10 Å². The summed E-state index contributed by atoms with van der Waals surface area (Å²) < 4.78 is 5.54. The molecule has 12 heteroatoms. The molecule has 182 valence electrons. The Labute approximate surface area is 210 Å². The number of nitrogens with one attached hydrogen (secondary N) is 3. The Morgan fingerprint density at radius 2 is 1.83 bits per heavy atom. The van der Waals surface area contributed by atoms with Crippen molar-refractivity contribution < 1.29 is 19.2 Å². The molecule has 0 aliphatic carbocycles. The first-order chi connectivity index (χ1) is 17.3. The summed E-state index contributed by atoms with van der Waals surface area (Å²) in [6.07, 6.45) is 1.18. The predicted octanol–water partition coefficient (Wildman–Crippen LogP) is 4.18. The lowest BCUT2D eigenvalue weighted by molar-refractivity contribution is -0.385. The zero-order chi connectivity index (χ0) is 25.7. The number of fused-ring (bicyclic) bond motifs is 1. The van der Waals surface area contributed by atoms with E-state index in [1.54, 1.807) is 24.3 Å². The molecule has 4 rings (SSSR count). The van der Waals surface area contributed by atoms with Gasteiger partial charge in [-0.05, 0) is 49.5 Å². The summed E-state index contributed by atoms with van der Waals surface area (Å²) in [6, 6.07) is 17.6. The van der Waals surface area contributed by atoms with E-state index in [0.717, 1.165) is 11.3 Å². The number of hydrazone groups is 1. The molecule has 0 bridgehead atoms. The van der Waals surface area contributed by atoms with E-state index in [9.17, 15) is 19.7 Å². The number of amides is 3. The normalized spacial score (nSPS) is 12.5. The van der Waals surface area contributed by atoms with Gasteiger partial charge < -0.3 is 15.4 Å². The molecule has 11 nitrogen and oxygen atoms in total. The maximum Gasteiger partial charge on any atom is 0.339 e. The lowest BCUT2D eigenvalue weighted by atomic mass is 10.2. The van der Waals surface area contributed by atoms with Crippen LogP contribution in [0.2, 0.25) is 0 Å². The van der Waals surface area contributed by atoms with Crippen LogP contribution in [0, 0.1) is 17.0 Å². The Morgan fingerprint density at radius 1 is 1.11 bits per heavy atom. The molecule has 3 aromatic rings. The maximum atomic E-state index is 12.5. The van der Waals surface area contributed by atoms with Crippen LogP contribution in [-0.4, -0.2) is 34.8 Å². The van der Waals surface area contributed by atoms with Gasteiger partial charge in [0.05, 0.1) is 22.4 Å². The number of benzene rings is 3. The first-order valence-corrected chi connectivity index (χ1v) is 11.0. The number of nitro benzene ring substituents is 1. The Bertz CT molecular complexity index is 1380. The minimum atomic E-state index is -0.676. The quantitative estimate of drug-likeness (QED) is 0.205. The third kappa shape index (κ3) is 5.62. The SMILES string of the molecule is Cc1ccc(NC(=S)N2C(=O)COc3cc(NC(=O)N/N=C/c4ccccc4[N+](=O)[O-])ccc32)cc1. The molecule has 36 heavy (non-hydrogen) atoms. The first kappa shape index (κ1) is 24.3. The highest BCUT2D eigenvalue weighted by molar-refractivity contribution is 7.80. The summed E-state index contributed by atoms with van der Waals surface area (Å²) >= 11 is 5.46. The van der Waals surface area contributed by atoms with Gasteiger partial charge in [0.15, 0.2) is 11.7 Å².